The molecule has 0 aromatic heterocycles. The van der Waals surface area contributed by atoms with E-state index in [0.29, 0.717) is 6.42 Å². The van der Waals surface area contributed by atoms with E-state index < -0.39 is 42.0 Å². The second-order valence-electron chi connectivity index (χ2n) is 10.0. The van der Waals surface area contributed by atoms with Crippen molar-refractivity contribution in [1.29, 1.82) is 0 Å². The molecule has 0 radical (unpaired) electrons. The summed E-state index contributed by atoms with van der Waals surface area (Å²) in [7, 11) is 0. The van der Waals surface area contributed by atoms with Gasteiger partial charge in [0.1, 0.15) is 6.54 Å². The van der Waals surface area contributed by atoms with Crippen LogP contribution < -0.4 is 5.11 Å². The molecule has 0 aromatic carbocycles. The van der Waals surface area contributed by atoms with E-state index in [4.69, 9.17) is 10.2 Å². The van der Waals surface area contributed by atoms with Crippen LogP contribution in [0.25, 0.3) is 0 Å². The normalized spacial score (nSPS) is 11.8. The summed E-state index contributed by atoms with van der Waals surface area (Å²) in [5.41, 5.74) is 0. The summed E-state index contributed by atoms with van der Waals surface area (Å²) in [6.07, 6.45) is 26.3. The summed E-state index contributed by atoms with van der Waals surface area (Å²) < 4.78 is -0.496. The number of carboxylic acids is 3. The molecule has 7 nitrogen and oxygen atoms in total. The zero-order valence-electron chi connectivity index (χ0n) is 22.2. The van der Waals surface area contributed by atoms with Gasteiger partial charge in [-0.2, -0.15) is 0 Å². The van der Waals surface area contributed by atoms with Crippen molar-refractivity contribution in [3.8, 4) is 0 Å². The van der Waals surface area contributed by atoms with Crippen LogP contribution in [-0.4, -0.2) is 58.8 Å². The predicted octanol–water partition coefficient (Wildman–Crippen LogP) is 5.32. The summed E-state index contributed by atoms with van der Waals surface area (Å²) in [4.78, 5) is 33.4. The third kappa shape index (κ3) is 22.3. The van der Waals surface area contributed by atoms with Crippen LogP contribution in [0.4, 0.5) is 0 Å². The Labute approximate surface area is 213 Å². The lowest BCUT2D eigenvalue weighted by Gasteiger charge is -2.36. The minimum Gasteiger partial charge on any atom is -0.544 e. The topological polar surface area (TPSA) is 115 Å². The van der Waals surface area contributed by atoms with Gasteiger partial charge in [0.15, 0.2) is 13.1 Å². The van der Waals surface area contributed by atoms with Crippen molar-refractivity contribution in [2.24, 2.45) is 0 Å². The average Bonchev–Trinajstić information content (AvgIpc) is 2.76. The van der Waals surface area contributed by atoms with E-state index in [9.17, 15) is 19.5 Å². The first-order valence-corrected chi connectivity index (χ1v) is 13.9. The largest absolute Gasteiger partial charge is 0.544 e. The summed E-state index contributed by atoms with van der Waals surface area (Å²) >= 11 is 0. The Balaban J connectivity index is 3.68. The molecule has 0 heterocycles. The maximum Gasteiger partial charge on any atom is 0.359 e. The van der Waals surface area contributed by atoms with Gasteiger partial charge in [-0.1, -0.05) is 103 Å². The molecular formula is C28H51NO6. The molecule has 0 spiro atoms. The number of allylic oxidation sites excluding steroid dienone is 2. The Bertz CT molecular complexity index is 549. The Kier molecular flexibility index (Phi) is 21.3. The Morgan fingerprint density at radius 3 is 1.31 bits per heavy atom. The van der Waals surface area contributed by atoms with E-state index >= 15 is 0 Å². The zero-order chi connectivity index (χ0) is 26.2. The first-order valence-electron chi connectivity index (χ1n) is 13.9. The van der Waals surface area contributed by atoms with Gasteiger partial charge in [-0.3, -0.25) is 0 Å². The number of carboxylic acid groups (broad SMARTS) is 3. The predicted molar refractivity (Wildman–Crippen MR) is 138 cm³/mol. The first-order chi connectivity index (χ1) is 16.8. The summed E-state index contributed by atoms with van der Waals surface area (Å²) in [6, 6.07) is 0. The molecule has 7 heteroatoms. The number of carbonyl (C=O) groups is 3. The van der Waals surface area contributed by atoms with Gasteiger partial charge in [-0.05, 0) is 32.1 Å². The number of carbonyl (C=O) groups excluding carboxylic acids is 1. The zero-order valence-corrected chi connectivity index (χ0v) is 22.2. The number of hydrogen-bond acceptors (Lipinski definition) is 4. The first kappa shape index (κ1) is 33.1. The van der Waals surface area contributed by atoms with Crippen molar-refractivity contribution in [1.82, 2.24) is 0 Å². The average molecular weight is 498 g/mol. The molecule has 0 fully saturated rings. The molecule has 0 aliphatic heterocycles. The van der Waals surface area contributed by atoms with E-state index in [2.05, 4.69) is 19.1 Å². The lowest BCUT2D eigenvalue weighted by molar-refractivity contribution is -0.909. The fourth-order valence-electron chi connectivity index (χ4n) is 4.72. The van der Waals surface area contributed by atoms with Gasteiger partial charge in [0, 0.05) is 0 Å². The van der Waals surface area contributed by atoms with Crippen molar-refractivity contribution in [3.05, 3.63) is 12.2 Å². The molecule has 0 saturated carbocycles. The molecule has 204 valence electrons. The highest BCUT2D eigenvalue weighted by Gasteiger charge is 2.33. The Morgan fingerprint density at radius 1 is 0.600 bits per heavy atom. The minimum absolute atomic E-state index is 0.225. The van der Waals surface area contributed by atoms with E-state index in [-0.39, 0.29) is 6.54 Å². The standard InChI is InChI=1S/C28H51NO6/c1-2-3-4-5-6-7-8-9-10-11-12-13-14-15-16-17-18-19-20-21-22-29(23-26(30)31,24-27(32)33)25-28(34)35/h3-4H,2,5-25H2,1H3,(H2-,30,31,32,33,34,35)/b4-3+. The van der Waals surface area contributed by atoms with Crippen LogP contribution in [0.2, 0.25) is 0 Å². The number of nitrogens with zero attached hydrogens (tertiary/aromatic N) is 1. The van der Waals surface area contributed by atoms with E-state index in [0.717, 1.165) is 25.7 Å². The minimum atomic E-state index is -1.42. The van der Waals surface area contributed by atoms with E-state index in [1.54, 1.807) is 0 Å². The van der Waals surface area contributed by atoms with Gasteiger partial charge in [-0.25, -0.2) is 9.59 Å². The molecule has 0 aliphatic rings. The number of hydrogen-bond donors (Lipinski definition) is 2. The second kappa shape index (κ2) is 22.6. The van der Waals surface area contributed by atoms with Gasteiger partial charge in [0.25, 0.3) is 0 Å². The van der Waals surface area contributed by atoms with E-state index in [1.807, 2.05) is 0 Å². The van der Waals surface area contributed by atoms with Crippen LogP contribution in [0.3, 0.4) is 0 Å². The smallest absolute Gasteiger partial charge is 0.359 e. The number of rotatable bonds is 26. The van der Waals surface area contributed by atoms with Crippen LogP contribution >= 0.6 is 0 Å². The lowest BCUT2D eigenvalue weighted by atomic mass is 10.0. The molecule has 0 saturated heterocycles. The van der Waals surface area contributed by atoms with Gasteiger partial charge in [0.05, 0.1) is 12.5 Å². The molecule has 0 aromatic rings. The van der Waals surface area contributed by atoms with Gasteiger partial charge in [0.2, 0.25) is 0 Å². The molecule has 35 heavy (non-hydrogen) atoms. The quantitative estimate of drug-likeness (QED) is 0.0949. The molecule has 0 rings (SSSR count). The third-order valence-electron chi connectivity index (χ3n) is 6.56. The summed E-state index contributed by atoms with van der Waals surface area (Å²) in [5, 5.41) is 29.3. The number of quaternary nitrogens is 1. The van der Waals surface area contributed by atoms with Crippen LogP contribution in [0.15, 0.2) is 12.2 Å². The molecule has 0 amide bonds. The fourth-order valence-corrected chi connectivity index (χ4v) is 4.72. The lowest BCUT2D eigenvalue weighted by Crippen LogP contribution is -2.59. The third-order valence-corrected chi connectivity index (χ3v) is 6.56. The summed E-state index contributed by atoms with van der Waals surface area (Å²) in [6.45, 7) is 0.781. The Morgan fingerprint density at radius 2 is 0.971 bits per heavy atom. The highest BCUT2D eigenvalue weighted by Crippen LogP contribution is 2.15. The van der Waals surface area contributed by atoms with E-state index in [1.165, 1.54) is 83.5 Å². The summed E-state index contributed by atoms with van der Waals surface area (Å²) in [5.74, 6) is -3.81. The number of unbranched alkanes of at least 4 members (excludes halogenated alkanes) is 16. The second-order valence-corrected chi connectivity index (χ2v) is 10.0. The van der Waals surface area contributed by atoms with Crippen molar-refractivity contribution in [2.45, 2.75) is 122 Å². The molecule has 0 atom stereocenters. The number of aliphatic carboxylic acids is 3. The highest BCUT2D eigenvalue weighted by molar-refractivity contribution is 5.72. The van der Waals surface area contributed by atoms with Gasteiger partial charge < -0.3 is 24.6 Å². The maximum absolute atomic E-state index is 11.2. The molecule has 0 unspecified atom stereocenters. The van der Waals surface area contributed by atoms with Crippen molar-refractivity contribution >= 4 is 17.9 Å². The van der Waals surface area contributed by atoms with Crippen LogP contribution in [0.1, 0.15) is 122 Å². The van der Waals surface area contributed by atoms with Crippen molar-refractivity contribution < 1.29 is 34.2 Å². The molecule has 0 aliphatic carbocycles. The maximum atomic E-state index is 11.2. The monoisotopic (exact) mass is 497 g/mol. The van der Waals surface area contributed by atoms with Crippen LogP contribution in [0.5, 0.6) is 0 Å². The van der Waals surface area contributed by atoms with Gasteiger partial charge >= 0.3 is 11.9 Å². The van der Waals surface area contributed by atoms with Crippen molar-refractivity contribution in [2.75, 3.05) is 26.2 Å². The Hall–Kier alpha value is -1.89. The molecular weight excluding hydrogens is 446 g/mol. The van der Waals surface area contributed by atoms with Crippen LogP contribution in [-0.2, 0) is 14.4 Å². The highest BCUT2D eigenvalue weighted by atomic mass is 16.4. The molecule has 2 N–H and O–H groups in total. The van der Waals surface area contributed by atoms with Crippen molar-refractivity contribution in [3.63, 3.8) is 0 Å². The molecule has 0 bridgehead atoms. The SMILES string of the molecule is CC/C=C/CCCCCCCCCCCCCCCCCC[N+](CC(=O)[O-])(CC(=O)O)CC(=O)O. The fraction of sp³-hybridized carbons (Fsp3) is 0.821. The van der Waals surface area contributed by atoms with Crippen LogP contribution in [0, 0.1) is 0 Å². The van der Waals surface area contributed by atoms with Gasteiger partial charge in [-0.15, -0.1) is 0 Å².